The second-order valence-corrected chi connectivity index (χ2v) is 5.12. The topological polar surface area (TPSA) is 20.2 Å². The van der Waals surface area contributed by atoms with Crippen LogP contribution in [0.5, 0.6) is 0 Å². The van der Waals surface area contributed by atoms with Gasteiger partial charge in [-0.2, -0.15) is 0 Å². The van der Waals surface area contributed by atoms with Crippen LogP contribution in [-0.2, 0) is 0 Å². The van der Waals surface area contributed by atoms with Gasteiger partial charge in [0.1, 0.15) is 0 Å². The number of aliphatic hydroxyl groups excluding tert-OH is 1. The third-order valence-electron chi connectivity index (χ3n) is 3.28. The zero-order valence-electron chi connectivity index (χ0n) is 9.14. The van der Waals surface area contributed by atoms with Crippen molar-refractivity contribution in [3.63, 3.8) is 0 Å². The average molecular weight is 182 g/mol. The molecule has 1 saturated carbocycles. The first-order valence-electron chi connectivity index (χ1n) is 5.30. The van der Waals surface area contributed by atoms with Crippen molar-refractivity contribution >= 4 is 0 Å². The lowest BCUT2D eigenvalue weighted by molar-refractivity contribution is -0.0108. The molecule has 1 nitrogen and oxygen atoms in total. The Morgan fingerprint density at radius 3 is 2.54 bits per heavy atom. The summed E-state index contributed by atoms with van der Waals surface area (Å²) in [6.45, 7) is 10.4. The fourth-order valence-corrected chi connectivity index (χ4v) is 2.55. The van der Waals surface area contributed by atoms with Crippen molar-refractivity contribution in [1.82, 2.24) is 0 Å². The van der Waals surface area contributed by atoms with Crippen LogP contribution in [-0.4, -0.2) is 11.2 Å². The van der Waals surface area contributed by atoms with E-state index in [9.17, 15) is 5.11 Å². The molecule has 1 aliphatic rings. The van der Waals surface area contributed by atoms with Crippen LogP contribution in [0.1, 0.15) is 46.5 Å². The molecule has 1 fully saturated rings. The zero-order chi connectivity index (χ0) is 10.1. The highest BCUT2D eigenvalue weighted by molar-refractivity contribution is 5.05. The van der Waals surface area contributed by atoms with Gasteiger partial charge in [-0.25, -0.2) is 0 Å². The smallest absolute Gasteiger partial charge is 0.0619 e. The van der Waals surface area contributed by atoms with Crippen molar-refractivity contribution in [3.05, 3.63) is 12.2 Å². The largest absolute Gasteiger partial charge is 0.392 e. The number of rotatable bonds is 2. The Labute approximate surface area is 81.9 Å². The van der Waals surface area contributed by atoms with Crippen molar-refractivity contribution in [2.45, 2.75) is 52.6 Å². The summed E-state index contributed by atoms with van der Waals surface area (Å²) in [4.78, 5) is 0. The van der Waals surface area contributed by atoms with Crippen molar-refractivity contribution in [1.29, 1.82) is 0 Å². The number of hydrogen-bond donors (Lipinski definition) is 1. The maximum absolute atomic E-state index is 10.1. The maximum atomic E-state index is 10.1. The Bertz CT molecular complexity index is 195. The first-order chi connectivity index (χ1) is 5.96. The maximum Gasteiger partial charge on any atom is 0.0619 e. The van der Waals surface area contributed by atoms with E-state index in [1.54, 1.807) is 0 Å². The number of allylic oxidation sites excluding steroid dienone is 1. The van der Waals surface area contributed by atoms with E-state index in [2.05, 4.69) is 27.4 Å². The van der Waals surface area contributed by atoms with E-state index >= 15 is 0 Å². The van der Waals surface area contributed by atoms with Crippen LogP contribution >= 0.6 is 0 Å². The molecular formula is C12H22O. The molecule has 0 aromatic rings. The summed E-state index contributed by atoms with van der Waals surface area (Å²) in [5, 5.41) is 10.1. The van der Waals surface area contributed by atoms with E-state index in [0.717, 1.165) is 19.3 Å². The highest BCUT2D eigenvalue weighted by atomic mass is 16.3. The van der Waals surface area contributed by atoms with Gasteiger partial charge in [0.25, 0.3) is 0 Å². The molecule has 0 amide bonds. The van der Waals surface area contributed by atoms with Gasteiger partial charge in [-0.15, -0.1) is 0 Å². The quantitative estimate of drug-likeness (QED) is 0.650. The van der Waals surface area contributed by atoms with E-state index in [1.165, 1.54) is 12.0 Å². The molecule has 13 heavy (non-hydrogen) atoms. The molecule has 0 aromatic carbocycles. The van der Waals surface area contributed by atoms with Gasteiger partial charge < -0.3 is 5.11 Å². The summed E-state index contributed by atoms with van der Waals surface area (Å²) in [7, 11) is 0. The van der Waals surface area contributed by atoms with Crippen LogP contribution in [0.3, 0.4) is 0 Å². The molecular weight excluding hydrogens is 160 g/mol. The summed E-state index contributed by atoms with van der Waals surface area (Å²) < 4.78 is 0. The molecule has 0 spiro atoms. The Morgan fingerprint density at radius 1 is 1.46 bits per heavy atom. The molecule has 1 N–H and O–H groups in total. The van der Waals surface area contributed by atoms with Gasteiger partial charge in [0.15, 0.2) is 0 Å². The molecule has 1 aliphatic carbocycles. The molecule has 0 aliphatic heterocycles. The van der Waals surface area contributed by atoms with Crippen LogP contribution in [0, 0.1) is 11.3 Å². The highest BCUT2D eigenvalue weighted by Crippen LogP contribution is 2.42. The third kappa shape index (κ3) is 2.34. The van der Waals surface area contributed by atoms with Gasteiger partial charge in [0.2, 0.25) is 0 Å². The molecule has 0 aromatic heterocycles. The lowest BCUT2D eigenvalue weighted by atomic mass is 9.68. The predicted octanol–water partition coefficient (Wildman–Crippen LogP) is 3.14. The Kier molecular flexibility index (Phi) is 3.18. The summed E-state index contributed by atoms with van der Waals surface area (Å²) >= 11 is 0. The first-order valence-corrected chi connectivity index (χ1v) is 5.30. The van der Waals surface area contributed by atoms with E-state index in [0.29, 0.717) is 5.92 Å². The van der Waals surface area contributed by atoms with E-state index < -0.39 is 0 Å². The number of hydrogen-bond acceptors (Lipinski definition) is 1. The lowest BCUT2D eigenvalue weighted by Gasteiger charge is -2.40. The van der Waals surface area contributed by atoms with Gasteiger partial charge in [0.05, 0.1) is 6.10 Å². The van der Waals surface area contributed by atoms with Crippen LogP contribution in [0.15, 0.2) is 12.2 Å². The molecule has 2 atom stereocenters. The Morgan fingerprint density at radius 2 is 2.08 bits per heavy atom. The summed E-state index contributed by atoms with van der Waals surface area (Å²) in [5.41, 5.74) is 1.40. The van der Waals surface area contributed by atoms with Crippen LogP contribution in [0.2, 0.25) is 0 Å². The molecule has 2 unspecified atom stereocenters. The SMILES string of the molecule is C=C1CCCC(C)(C(O)C(C)C)C1. The van der Waals surface area contributed by atoms with Gasteiger partial charge in [0, 0.05) is 0 Å². The summed E-state index contributed by atoms with van der Waals surface area (Å²) in [6, 6.07) is 0. The normalized spacial score (nSPS) is 32.2. The van der Waals surface area contributed by atoms with Gasteiger partial charge in [-0.05, 0) is 37.0 Å². The average Bonchev–Trinajstić information content (AvgIpc) is 2.02. The fourth-order valence-electron chi connectivity index (χ4n) is 2.55. The summed E-state index contributed by atoms with van der Waals surface area (Å²) in [6.07, 6.45) is 4.32. The molecule has 0 heterocycles. The lowest BCUT2D eigenvalue weighted by Crippen LogP contribution is -2.38. The first kappa shape index (κ1) is 10.8. The zero-order valence-corrected chi connectivity index (χ0v) is 9.14. The fraction of sp³-hybridized carbons (Fsp3) is 0.833. The molecule has 1 rings (SSSR count). The van der Waals surface area contributed by atoms with E-state index in [4.69, 9.17) is 0 Å². The van der Waals surface area contributed by atoms with Crippen molar-refractivity contribution < 1.29 is 5.11 Å². The number of aliphatic hydroxyl groups is 1. The Balaban J connectivity index is 2.68. The van der Waals surface area contributed by atoms with Crippen molar-refractivity contribution in [3.8, 4) is 0 Å². The third-order valence-corrected chi connectivity index (χ3v) is 3.28. The van der Waals surface area contributed by atoms with Crippen molar-refractivity contribution in [2.24, 2.45) is 11.3 Å². The summed E-state index contributed by atoms with van der Waals surface area (Å²) in [5.74, 6) is 0.357. The second kappa shape index (κ2) is 3.83. The minimum atomic E-state index is -0.176. The van der Waals surface area contributed by atoms with Gasteiger partial charge in [-0.3, -0.25) is 0 Å². The molecule has 76 valence electrons. The standard InChI is InChI=1S/C12H22O/c1-9(2)11(13)12(4)7-5-6-10(3)8-12/h9,11,13H,3,5-8H2,1-2,4H3. The molecule has 1 heteroatoms. The van der Waals surface area contributed by atoms with E-state index in [-0.39, 0.29) is 11.5 Å². The minimum Gasteiger partial charge on any atom is -0.392 e. The van der Waals surface area contributed by atoms with Crippen LogP contribution in [0.4, 0.5) is 0 Å². The van der Waals surface area contributed by atoms with Crippen molar-refractivity contribution in [2.75, 3.05) is 0 Å². The minimum absolute atomic E-state index is 0.0868. The molecule has 0 saturated heterocycles. The Hall–Kier alpha value is -0.300. The van der Waals surface area contributed by atoms with Crippen LogP contribution < -0.4 is 0 Å². The molecule has 0 radical (unpaired) electrons. The molecule has 0 bridgehead atoms. The monoisotopic (exact) mass is 182 g/mol. The highest BCUT2D eigenvalue weighted by Gasteiger charge is 2.36. The van der Waals surface area contributed by atoms with Gasteiger partial charge >= 0.3 is 0 Å². The van der Waals surface area contributed by atoms with Crippen LogP contribution in [0.25, 0.3) is 0 Å². The second-order valence-electron chi connectivity index (χ2n) is 5.12. The predicted molar refractivity (Wildman–Crippen MR) is 56.6 cm³/mol. The van der Waals surface area contributed by atoms with E-state index in [1.807, 2.05) is 0 Å². The van der Waals surface area contributed by atoms with Gasteiger partial charge in [-0.1, -0.05) is 32.9 Å².